The number of nitrogens with one attached hydrogen (secondary N) is 1. The van der Waals surface area contributed by atoms with E-state index < -0.39 is 0 Å². The summed E-state index contributed by atoms with van der Waals surface area (Å²) >= 11 is 0. The lowest BCUT2D eigenvalue weighted by Crippen LogP contribution is -2.27. The van der Waals surface area contributed by atoms with Crippen LogP contribution in [0.3, 0.4) is 0 Å². The highest BCUT2D eigenvalue weighted by atomic mass is 16.3. The van der Waals surface area contributed by atoms with Crippen LogP contribution in [-0.4, -0.2) is 6.04 Å². The average molecular weight is 191 g/mol. The summed E-state index contributed by atoms with van der Waals surface area (Å²) in [5.41, 5.74) is 0. The van der Waals surface area contributed by atoms with Crippen LogP contribution in [0.15, 0.2) is 16.5 Å². The smallest absolute Gasteiger partial charge is 0.117 e. The fourth-order valence-corrected chi connectivity index (χ4v) is 1.33. The molecule has 0 saturated carbocycles. The summed E-state index contributed by atoms with van der Waals surface area (Å²) in [6, 6.07) is 4.36. The molecule has 0 aliphatic rings. The van der Waals surface area contributed by atoms with Crippen LogP contribution < -0.4 is 5.32 Å². The molecular weight excluding hydrogens is 174 g/mol. The minimum atomic E-state index is 0.394. The highest BCUT2D eigenvalue weighted by Crippen LogP contribution is 2.06. The van der Waals surface area contributed by atoms with Gasteiger partial charge >= 0.3 is 0 Å². The van der Waals surface area contributed by atoms with Crippen molar-refractivity contribution in [2.24, 2.45) is 0 Å². The fraction of sp³-hybridized carbons (Fsp3) is 0.500. The first kappa shape index (κ1) is 10.9. The summed E-state index contributed by atoms with van der Waals surface area (Å²) in [5.74, 6) is 4.59. The van der Waals surface area contributed by atoms with Crippen LogP contribution in [0.1, 0.15) is 31.3 Å². The standard InChI is InChI=1S/C12H17NO/c1-4-6-11(5-2)13-9-12-8-7-10(3)14-12/h1,7-8,11,13H,5-6,9H2,2-3H3. The second-order valence-corrected chi connectivity index (χ2v) is 3.41. The fourth-order valence-electron chi connectivity index (χ4n) is 1.33. The lowest BCUT2D eigenvalue weighted by molar-refractivity contribution is 0.428. The summed E-state index contributed by atoms with van der Waals surface area (Å²) in [4.78, 5) is 0. The number of furan rings is 1. The third-order valence-corrected chi connectivity index (χ3v) is 2.22. The molecule has 76 valence electrons. The van der Waals surface area contributed by atoms with Crippen LogP contribution in [-0.2, 0) is 6.54 Å². The van der Waals surface area contributed by atoms with E-state index in [1.807, 2.05) is 19.1 Å². The van der Waals surface area contributed by atoms with Crippen LogP contribution in [0.25, 0.3) is 0 Å². The second kappa shape index (κ2) is 5.51. The Balaban J connectivity index is 2.36. The molecule has 1 rings (SSSR count). The van der Waals surface area contributed by atoms with Crippen LogP contribution in [0.5, 0.6) is 0 Å². The first-order valence-corrected chi connectivity index (χ1v) is 4.98. The summed E-state index contributed by atoms with van der Waals surface area (Å²) in [5, 5.41) is 3.36. The first-order chi connectivity index (χ1) is 6.76. The Kier molecular flexibility index (Phi) is 4.28. The Morgan fingerprint density at radius 1 is 1.57 bits per heavy atom. The van der Waals surface area contributed by atoms with Gasteiger partial charge in [0.1, 0.15) is 11.5 Å². The van der Waals surface area contributed by atoms with E-state index >= 15 is 0 Å². The number of hydrogen-bond acceptors (Lipinski definition) is 2. The SMILES string of the molecule is C#CCC(CC)NCc1ccc(C)o1. The summed E-state index contributed by atoms with van der Waals surface area (Å²) in [7, 11) is 0. The highest BCUT2D eigenvalue weighted by molar-refractivity contribution is 5.05. The summed E-state index contributed by atoms with van der Waals surface area (Å²) in [6.07, 6.45) is 7.08. The molecule has 0 saturated heterocycles. The Morgan fingerprint density at radius 3 is 2.86 bits per heavy atom. The van der Waals surface area contributed by atoms with Crippen LogP contribution in [0.4, 0.5) is 0 Å². The van der Waals surface area contributed by atoms with E-state index in [0.29, 0.717) is 6.04 Å². The van der Waals surface area contributed by atoms with Gasteiger partial charge in [-0.15, -0.1) is 12.3 Å². The molecule has 2 heteroatoms. The van der Waals surface area contributed by atoms with E-state index in [4.69, 9.17) is 10.8 Å². The normalized spacial score (nSPS) is 12.4. The maximum Gasteiger partial charge on any atom is 0.117 e. The van der Waals surface area contributed by atoms with Crippen molar-refractivity contribution in [3.8, 4) is 12.3 Å². The zero-order valence-electron chi connectivity index (χ0n) is 8.84. The molecular formula is C12H17NO. The minimum Gasteiger partial charge on any atom is -0.465 e. The largest absolute Gasteiger partial charge is 0.465 e. The summed E-state index contributed by atoms with van der Waals surface area (Å²) in [6.45, 7) is 4.83. The predicted molar refractivity (Wildman–Crippen MR) is 57.8 cm³/mol. The quantitative estimate of drug-likeness (QED) is 0.723. The number of hydrogen-bond donors (Lipinski definition) is 1. The molecule has 1 unspecified atom stereocenters. The molecule has 0 aliphatic heterocycles. The van der Waals surface area contributed by atoms with E-state index in [2.05, 4.69) is 18.2 Å². The zero-order valence-corrected chi connectivity index (χ0v) is 8.84. The maximum atomic E-state index is 5.44. The van der Waals surface area contributed by atoms with Crippen molar-refractivity contribution in [3.63, 3.8) is 0 Å². The molecule has 1 heterocycles. The van der Waals surface area contributed by atoms with E-state index in [1.54, 1.807) is 0 Å². The molecule has 1 atom stereocenters. The van der Waals surface area contributed by atoms with Gasteiger partial charge in [0.15, 0.2) is 0 Å². The van der Waals surface area contributed by atoms with Crippen LogP contribution in [0, 0.1) is 19.3 Å². The molecule has 0 fully saturated rings. The van der Waals surface area contributed by atoms with Gasteiger partial charge in [-0.3, -0.25) is 0 Å². The molecule has 0 amide bonds. The molecule has 0 aliphatic carbocycles. The lowest BCUT2D eigenvalue weighted by Gasteiger charge is -2.12. The molecule has 0 aromatic carbocycles. The van der Waals surface area contributed by atoms with Gasteiger partial charge in [-0.1, -0.05) is 6.92 Å². The van der Waals surface area contributed by atoms with Crippen molar-refractivity contribution in [3.05, 3.63) is 23.7 Å². The maximum absolute atomic E-state index is 5.44. The average Bonchev–Trinajstić information content (AvgIpc) is 2.59. The van der Waals surface area contributed by atoms with Crippen molar-refractivity contribution < 1.29 is 4.42 Å². The molecule has 2 nitrogen and oxygen atoms in total. The number of rotatable bonds is 5. The van der Waals surface area contributed by atoms with Gasteiger partial charge in [0.05, 0.1) is 6.54 Å². The lowest BCUT2D eigenvalue weighted by atomic mass is 10.1. The van der Waals surface area contributed by atoms with Crippen molar-refractivity contribution in [1.82, 2.24) is 5.32 Å². The molecule has 0 bridgehead atoms. The molecule has 0 spiro atoms. The number of aryl methyl sites for hydroxylation is 1. The monoisotopic (exact) mass is 191 g/mol. The Hall–Kier alpha value is -1.20. The third-order valence-electron chi connectivity index (χ3n) is 2.22. The van der Waals surface area contributed by atoms with Gasteiger partial charge in [-0.05, 0) is 25.5 Å². The Labute approximate surface area is 85.7 Å². The Bertz CT molecular complexity index is 308. The van der Waals surface area contributed by atoms with E-state index in [0.717, 1.165) is 30.9 Å². The van der Waals surface area contributed by atoms with Crippen molar-refractivity contribution in [2.75, 3.05) is 0 Å². The second-order valence-electron chi connectivity index (χ2n) is 3.41. The Morgan fingerprint density at radius 2 is 2.36 bits per heavy atom. The van der Waals surface area contributed by atoms with E-state index in [9.17, 15) is 0 Å². The molecule has 0 radical (unpaired) electrons. The highest BCUT2D eigenvalue weighted by Gasteiger charge is 2.04. The molecule has 14 heavy (non-hydrogen) atoms. The van der Waals surface area contributed by atoms with E-state index in [1.165, 1.54) is 0 Å². The van der Waals surface area contributed by atoms with Gasteiger partial charge in [0, 0.05) is 12.5 Å². The van der Waals surface area contributed by atoms with Gasteiger partial charge in [-0.25, -0.2) is 0 Å². The van der Waals surface area contributed by atoms with E-state index in [-0.39, 0.29) is 0 Å². The predicted octanol–water partition coefficient (Wildman–Crippen LogP) is 2.48. The van der Waals surface area contributed by atoms with Crippen molar-refractivity contribution in [2.45, 2.75) is 39.3 Å². The van der Waals surface area contributed by atoms with Crippen molar-refractivity contribution >= 4 is 0 Å². The zero-order chi connectivity index (χ0) is 10.4. The first-order valence-electron chi connectivity index (χ1n) is 4.98. The topological polar surface area (TPSA) is 25.2 Å². The van der Waals surface area contributed by atoms with Gasteiger partial charge in [-0.2, -0.15) is 0 Å². The molecule has 1 N–H and O–H groups in total. The third kappa shape index (κ3) is 3.27. The minimum absolute atomic E-state index is 0.394. The number of terminal acetylenes is 1. The van der Waals surface area contributed by atoms with Gasteiger partial charge in [0.2, 0.25) is 0 Å². The van der Waals surface area contributed by atoms with Gasteiger partial charge < -0.3 is 9.73 Å². The van der Waals surface area contributed by atoms with Gasteiger partial charge in [0.25, 0.3) is 0 Å². The summed E-state index contributed by atoms with van der Waals surface area (Å²) < 4.78 is 5.44. The van der Waals surface area contributed by atoms with Crippen LogP contribution >= 0.6 is 0 Å². The molecule has 1 aromatic heterocycles. The van der Waals surface area contributed by atoms with Crippen LogP contribution in [0.2, 0.25) is 0 Å². The molecule has 1 aromatic rings. The van der Waals surface area contributed by atoms with Crippen molar-refractivity contribution in [1.29, 1.82) is 0 Å².